The summed E-state index contributed by atoms with van der Waals surface area (Å²) >= 11 is 6.04. The van der Waals surface area contributed by atoms with Crippen LogP contribution >= 0.6 is 11.6 Å². The summed E-state index contributed by atoms with van der Waals surface area (Å²) in [6, 6.07) is 22.0. The first-order valence-electron chi connectivity index (χ1n) is 11.1. The maximum atomic E-state index is 13.7. The molecule has 5 nitrogen and oxygen atoms in total. The number of amides is 2. The molecule has 3 aromatic carbocycles. The quantitative estimate of drug-likeness (QED) is 0.472. The molecule has 1 aliphatic heterocycles. The van der Waals surface area contributed by atoms with Gasteiger partial charge in [-0.15, -0.1) is 0 Å². The topological polar surface area (TPSA) is 49.9 Å². The molecule has 33 heavy (non-hydrogen) atoms. The largest absolute Gasteiger partial charge is 0.496 e. The predicted octanol–water partition coefficient (Wildman–Crippen LogP) is 5.92. The third-order valence-electron chi connectivity index (χ3n) is 6.16. The Bertz CT molecular complexity index is 1160. The van der Waals surface area contributed by atoms with Crippen LogP contribution in [0.5, 0.6) is 5.75 Å². The van der Waals surface area contributed by atoms with Gasteiger partial charge >= 0.3 is 0 Å². The van der Waals surface area contributed by atoms with Gasteiger partial charge in [0.2, 0.25) is 5.91 Å². The molecule has 0 fully saturated rings. The minimum Gasteiger partial charge on any atom is -0.496 e. The van der Waals surface area contributed by atoms with E-state index in [-0.39, 0.29) is 23.8 Å². The van der Waals surface area contributed by atoms with Gasteiger partial charge in [-0.3, -0.25) is 9.59 Å². The summed E-state index contributed by atoms with van der Waals surface area (Å²) in [5.41, 5.74) is 2.93. The van der Waals surface area contributed by atoms with E-state index in [9.17, 15) is 9.59 Å². The first-order chi connectivity index (χ1) is 16.0. The Hall–Kier alpha value is -3.31. The second-order valence-electron chi connectivity index (χ2n) is 8.13. The highest BCUT2D eigenvalue weighted by Crippen LogP contribution is 2.41. The number of hydrogen-bond donors (Lipinski definition) is 0. The zero-order chi connectivity index (χ0) is 23.5. The van der Waals surface area contributed by atoms with Crippen LogP contribution < -0.4 is 14.5 Å². The molecule has 0 bridgehead atoms. The zero-order valence-corrected chi connectivity index (χ0v) is 19.8. The van der Waals surface area contributed by atoms with E-state index in [2.05, 4.69) is 0 Å². The number of carbonyl (C=O) groups excluding carboxylic acids is 2. The molecule has 1 aliphatic rings. The number of ether oxygens (including phenoxy) is 1. The molecule has 2 amide bonds. The maximum absolute atomic E-state index is 13.7. The Morgan fingerprint density at radius 2 is 1.70 bits per heavy atom. The molecule has 0 radical (unpaired) electrons. The van der Waals surface area contributed by atoms with Gasteiger partial charge in [0.05, 0.1) is 18.6 Å². The van der Waals surface area contributed by atoms with Crippen LogP contribution in [0.25, 0.3) is 0 Å². The van der Waals surface area contributed by atoms with Crippen molar-refractivity contribution in [2.75, 3.05) is 23.5 Å². The van der Waals surface area contributed by atoms with E-state index < -0.39 is 0 Å². The predicted molar refractivity (Wildman–Crippen MR) is 133 cm³/mol. The first kappa shape index (κ1) is 22.9. The lowest BCUT2D eigenvalue weighted by atomic mass is 9.84. The number of rotatable bonds is 5. The number of hydrogen-bond acceptors (Lipinski definition) is 3. The van der Waals surface area contributed by atoms with Crippen molar-refractivity contribution in [3.05, 3.63) is 88.9 Å². The molecule has 0 aromatic heterocycles. The number of likely N-dealkylation sites (N-methyl/N-ethyl adjacent to an activating group) is 1. The standard InChI is InChI=1S/C27H27ClN2O3/c1-4-29(20-15-13-19(28)14-16-20)26(31)23-17-18(2)30(24-11-7-5-9-21(23)24)27(32)22-10-6-8-12-25(22)33-3/h5-16,18,23H,4,17H2,1-3H3/t18-,23-/m1/s1. The van der Waals surface area contributed by atoms with E-state index in [1.54, 1.807) is 41.2 Å². The summed E-state index contributed by atoms with van der Waals surface area (Å²) in [4.78, 5) is 30.9. The summed E-state index contributed by atoms with van der Waals surface area (Å²) < 4.78 is 5.43. The lowest BCUT2D eigenvalue weighted by Gasteiger charge is -2.40. The summed E-state index contributed by atoms with van der Waals surface area (Å²) in [7, 11) is 1.56. The van der Waals surface area contributed by atoms with Crippen LogP contribution in [0.2, 0.25) is 5.02 Å². The van der Waals surface area contributed by atoms with Crippen LogP contribution in [0.3, 0.4) is 0 Å². The van der Waals surface area contributed by atoms with Gasteiger partial charge in [0.1, 0.15) is 5.75 Å². The summed E-state index contributed by atoms with van der Waals surface area (Å²) in [6.07, 6.45) is 0.529. The number of carbonyl (C=O) groups is 2. The molecular weight excluding hydrogens is 436 g/mol. The second kappa shape index (κ2) is 9.67. The van der Waals surface area contributed by atoms with E-state index in [0.29, 0.717) is 29.3 Å². The zero-order valence-electron chi connectivity index (χ0n) is 19.0. The van der Waals surface area contributed by atoms with E-state index in [4.69, 9.17) is 16.3 Å². The molecule has 6 heteroatoms. The lowest BCUT2D eigenvalue weighted by Crippen LogP contribution is -2.47. The van der Waals surface area contributed by atoms with Crippen molar-refractivity contribution in [3.8, 4) is 5.75 Å². The van der Waals surface area contributed by atoms with Gasteiger partial charge in [-0.2, -0.15) is 0 Å². The van der Waals surface area contributed by atoms with E-state index >= 15 is 0 Å². The van der Waals surface area contributed by atoms with Gasteiger partial charge in [-0.05, 0) is 68.3 Å². The van der Waals surface area contributed by atoms with Gasteiger partial charge in [0.15, 0.2) is 0 Å². The van der Waals surface area contributed by atoms with E-state index in [1.807, 2.05) is 62.4 Å². The van der Waals surface area contributed by atoms with Gasteiger partial charge in [-0.25, -0.2) is 0 Å². The molecule has 1 heterocycles. The monoisotopic (exact) mass is 462 g/mol. The molecule has 0 saturated carbocycles. The van der Waals surface area contributed by atoms with Crippen molar-refractivity contribution >= 4 is 34.8 Å². The van der Waals surface area contributed by atoms with Crippen LogP contribution in [-0.4, -0.2) is 31.5 Å². The van der Waals surface area contributed by atoms with Gasteiger partial charge in [0.25, 0.3) is 5.91 Å². The Kier molecular flexibility index (Phi) is 6.70. The number of nitrogens with zero attached hydrogens (tertiary/aromatic N) is 2. The average Bonchev–Trinajstić information content (AvgIpc) is 2.84. The van der Waals surface area contributed by atoms with Crippen molar-refractivity contribution in [1.82, 2.24) is 0 Å². The minimum absolute atomic E-state index is 0.0171. The van der Waals surface area contributed by atoms with E-state index in [0.717, 1.165) is 16.9 Å². The Morgan fingerprint density at radius 3 is 2.39 bits per heavy atom. The molecule has 0 aliphatic carbocycles. The van der Waals surface area contributed by atoms with Gasteiger partial charge in [-0.1, -0.05) is 41.9 Å². The number of benzene rings is 3. The van der Waals surface area contributed by atoms with Crippen LogP contribution in [0.1, 0.15) is 42.1 Å². The summed E-state index contributed by atoms with van der Waals surface area (Å²) in [6.45, 7) is 4.49. The minimum atomic E-state index is -0.353. The SMILES string of the molecule is CCN(C(=O)[C@@H]1C[C@@H](C)N(C(=O)c2ccccc2OC)c2ccccc21)c1ccc(Cl)cc1. The second-order valence-corrected chi connectivity index (χ2v) is 8.57. The molecule has 0 saturated heterocycles. The number of para-hydroxylation sites is 2. The number of halogens is 1. The number of methoxy groups -OCH3 is 1. The molecule has 2 atom stereocenters. The maximum Gasteiger partial charge on any atom is 0.262 e. The summed E-state index contributed by atoms with van der Waals surface area (Å²) in [5, 5.41) is 0.629. The van der Waals surface area contributed by atoms with Crippen LogP contribution in [0.4, 0.5) is 11.4 Å². The van der Waals surface area contributed by atoms with Crippen LogP contribution in [-0.2, 0) is 4.79 Å². The van der Waals surface area contributed by atoms with Crippen molar-refractivity contribution in [3.63, 3.8) is 0 Å². The molecule has 0 unspecified atom stereocenters. The molecule has 0 spiro atoms. The lowest BCUT2D eigenvalue weighted by molar-refractivity contribution is -0.120. The third-order valence-corrected chi connectivity index (χ3v) is 6.42. The van der Waals surface area contributed by atoms with E-state index in [1.165, 1.54) is 0 Å². The fraction of sp³-hybridized carbons (Fsp3) is 0.259. The Morgan fingerprint density at radius 1 is 1.03 bits per heavy atom. The molecule has 4 rings (SSSR count). The Balaban J connectivity index is 1.72. The summed E-state index contributed by atoms with van der Waals surface area (Å²) in [5.74, 6) is 0.0608. The van der Waals surface area contributed by atoms with Crippen molar-refractivity contribution in [2.24, 2.45) is 0 Å². The smallest absolute Gasteiger partial charge is 0.262 e. The average molecular weight is 463 g/mol. The fourth-order valence-electron chi connectivity index (χ4n) is 4.58. The number of anilines is 2. The van der Waals surface area contributed by atoms with Gasteiger partial charge in [0, 0.05) is 29.0 Å². The van der Waals surface area contributed by atoms with Crippen molar-refractivity contribution < 1.29 is 14.3 Å². The highest BCUT2D eigenvalue weighted by Gasteiger charge is 2.39. The van der Waals surface area contributed by atoms with Crippen molar-refractivity contribution in [2.45, 2.75) is 32.2 Å². The molecular formula is C27H27ClN2O3. The molecule has 0 N–H and O–H groups in total. The normalized spacial score (nSPS) is 17.3. The first-order valence-corrected chi connectivity index (χ1v) is 11.5. The number of fused-ring (bicyclic) bond motifs is 1. The Labute approximate surface area is 199 Å². The molecule has 3 aromatic rings. The highest BCUT2D eigenvalue weighted by molar-refractivity contribution is 6.30. The fourth-order valence-corrected chi connectivity index (χ4v) is 4.71. The van der Waals surface area contributed by atoms with Crippen molar-refractivity contribution in [1.29, 1.82) is 0 Å². The van der Waals surface area contributed by atoms with Crippen LogP contribution in [0.15, 0.2) is 72.8 Å². The molecule has 170 valence electrons. The third kappa shape index (κ3) is 4.33. The highest BCUT2D eigenvalue weighted by atomic mass is 35.5. The van der Waals surface area contributed by atoms with Gasteiger partial charge < -0.3 is 14.5 Å². The van der Waals surface area contributed by atoms with Crippen LogP contribution in [0, 0.1) is 0 Å².